The lowest BCUT2D eigenvalue weighted by molar-refractivity contribution is 0.0984. The molecule has 2 N–H and O–H groups in total. The highest BCUT2D eigenvalue weighted by Gasteiger charge is 2.25. The lowest BCUT2D eigenvalue weighted by Gasteiger charge is -2.30. The molecule has 1 aliphatic rings. The van der Waals surface area contributed by atoms with Crippen LogP contribution >= 0.6 is 22.6 Å². The minimum Gasteiger partial charge on any atom is -0.398 e. The summed E-state index contributed by atoms with van der Waals surface area (Å²) in [5.74, 6) is 0.0645. The van der Waals surface area contributed by atoms with Crippen molar-refractivity contribution in [2.75, 3.05) is 17.2 Å². The maximum absolute atomic E-state index is 12.9. The van der Waals surface area contributed by atoms with Gasteiger partial charge in [-0.05, 0) is 71.7 Å². The van der Waals surface area contributed by atoms with Crippen LogP contribution in [0.4, 0.5) is 11.4 Å². The summed E-state index contributed by atoms with van der Waals surface area (Å²) >= 11 is 2.25. The van der Waals surface area contributed by atoms with E-state index in [2.05, 4.69) is 22.6 Å². The van der Waals surface area contributed by atoms with Crippen LogP contribution in [-0.4, -0.2) is 12.5 Å². The number of amides is 1. The van der Waals surface area contributed by atoms with Crippen molar-refractivity contribution in [1.82, 2.24) is 0 Å². The summed E-state index contributed by atoms with van der Waals surface area (Å²) < 4.78 is 1.02. The van der Waals surface area contributed by atoms with Gasteiger partial charge in [-0.3, -0.25) is 4.79 Å². The molecule has 0 unspecified atom stereocenters. The molecule has 1 heterocycles. The first kappa shape index (κ1) is 14.4. The topological polar surface area (TPSA) is 46.3 Å². The van der Waals surface area contributed by atoms with Gasteiger partial charge in [-0.15, -0.1) is 0 Å². The van der Waals surface area contributed by atoms with Crippen LogP contribution in [0.3, 0.4) is 0 Å². The van der Waals surface area contributed by atoms with Gasteiger partial charge in [0.15, 0.2) is 0 Å². The molecular weight excluding hydrogens is 375 g/mol. The van der Waals surface area contributed by atoms with Crippen LogP contribution in [0.5, 0.6) is 0 Å². The second kappa shape index (κ2) is 5.67. The van der Waals surface area contributed by atoms with Crippen molar-refractivity contribution in [3.8, 4) is 0 Å². The zero-order valence-electron chi connectivity index (χ0n) is 11.9. The van der Waals surface area contributed by atoms with Crippen molar-refractivity contribution in [3.05, 3.63) is 56.7 Å². The van der Waals surface area contributed by atoms with Gasteiger partial charge in [0.05, 0.1) is 5.56 Å². The number of anilines is 2. The van der Waals surface area contributed by atoms with Gasteiger partial charge < -0.3 is 10.6 Å². The molecule has 108 valence electrons. The average molecular weight is 392 g/mol. The highest BCUT2D eigenvalue weighted by Crippen LogP contribution is 2.33. The normalized spacial score (nSPS) is 13.9. The maximum atomic E-state index is 12.9. The van der Waals surface area contributed by atoms with Gasteiger partial charge in [0.2, 0.25) is 0 Å². The number of benzene rings is 2. The van der Waals surface area contributed by atoms with E-state index in [0.29, 0.717) is 0 Å². The van der Waals surface area contributed by atoms with Crippen LogP contribution in [0.2, 0.25) is 0 Å². The monoisotopic (exact) mass is 392 g/mol. The van der Waals surface area contributed by atoms with E-state index >= 15 is 0 Å². The molecule has 0 saturated heterocycles. The minimum atomic E-state index is 0.0645. The van der Waals surface area contributed by atoms with Crippen LogP contribution in [0, 0.1) is 10.5 Å². The fraction of sp³-hybridized carbons (Fsp3) is 0.235. The molecule has 0 spiro atoms. The smallest absolute Gasteiger partial charge is 0.259 e. The number of carbonyl (C=O) groups excluding carboxylic acids is 1. The molecule has 0 fully saturated rings. The van der Waals surface area contributed by atoms with Gasteiger partial charge in [0.25, 0.3) is 5.91 Å². The summed E-state index contributed by atoms with van der Waals surface area (Å²) in [6.07, 6.45) is 1.89. The summed E-state index contributed by atoms with van der Waals surface area (Å²) in [6.45, 7) is 2.78. The molecule has 1 amide bonds. The van der Waals surface area contributed by atoms with E-state index in [1.807, 2.05) is 48.2 Å². The Labute approximate surface area is 138 Å². The molecule has 1 aliphatic heterocycles. The number of nitrogens with two attached hydrogens (primary N) is 1. The van der Waals surface area contributed by atoms with Crippen LogP contribution < -0.4 is 10.6 Å². The van der Waals surface area contributed by atoms with Crippen LogP contribution in [0.1, 0.15) is 27.9 Å². The molecule has 3 rings (SSSR count). The number of rotatable bonds is 1. The molecule has 0 aromatic heterocycles. The fourth-order valence-electron chi connectivity index (χ4n) is 2.82. The molecule has 3 nitrogen and oxygen atoms in total. The molecular formula is C17H17IN2O. The second-order valence-corrected chi connectivity index (χ2v) is 6.42. The highest BCUT2D eigenvalue weighted by atomic mass is 127. The van der Waals surface area contributed by atoms with E-state index in [4.69, 9.17) is 5.73 Å². The first-order valence-corrected chi connectivity index (χ1v) is 8.12. The lowest BCUT2D eigenvalue weighted by atomic mass is 9.99. The van der Waals surface area contributed by atoms with E-state index in [-0.39, 0.29) is 5.91 Å². The Kier molecular flexibility index (Phi) is 3.89. The first-order valence-electron chi connectivity index (χ1n) is 7.04. The van der Waals surface area contributed by atoms with Crippen LogP contribution in [0.15, 0.2) is 36.4 Å². The summed E-state index contributed by atoms with van der Waals surface area (Å²) in [5, 5.41) is 0. The third-order valence-corrected chi connectivity index (χ3v) is 5.39. The standard InChI is InChI=1S/C17H17IN2O/c1-11-5-2-6-13(16(11)18)17(21)20-10-4-7-12-14(19)8-3-9-15(12)20/h2-3,5-6,8-9H,4,7,10,19H2,1H3. The highest BCUT2D eigenvalue weighted by molar-refractivity contribution is 14.1. The van der Waals surface area contributed by atoms with Gasteiger partial charge in [0, 0.05) is 21.5 Å². The number of aryl methyl sites for hydroxylation is 1. The van der Waals surface area contributed by atoms with Crippen molar-refractivity contribution in [1.29, 1.82) is 0 Å². The average Bonchev–Trinajstić information content (AvgIpc) is 2.49. The van der Waals surface area contributed by atoms with Gasteiger partial charge in [-0.25, -0.2) is 0 Å². The molecule has 2 aromatic carbocycles. The summed E-state index contributed by atoms with van der Waals surface area (Å²) in [6, 6.07) is 11.7. The molecule has 0 radical (unpaired) electrons. The number of hydrogen-bond acceptors (Lipinski definition) is 2. The van der Waals surface area contributed by atoms with Crippen LogP contribution in [0.25, 0.3) is 0 Å². The molecule has 0 saturated carbocycles. The Morgan fingerprint density at radius 1 is 1.24 bits per heavy atom. The largest absolute Gasteiger partial charge is 0.398 e. The zero-order valence-corrected chi connectivity index (χ0v) is 14.1. The zero-order chi connectivity index (χ0) is 15.0. The summed E-state index contributed by atoms with van der Waals surface area (Å²) in [5.41, 5.74) is 10.8. The Hall–Kier alpha value is -1.56. The SMILES string of the molecule is Cc1cccc(C(=O)N2CCCc3c(N)cccc32)c1I. The third kappa shape index (κ3) is 2.52. The number of fused-ring (bicyclic) bond motifs is 1. The predicted molar refractivity (Wildman–Crippen MR) is 94.7 cm³/mol. The number of nitrogens with zero attached hydrogens (tertiary/aromatic N) is 1. The molecule has 0 aliphatic carbocycles. The Morgan fingerprint density at radius 3 is 2.81 bits per heavy atom. The molecule has 21 heavy (non-hydrogen) atoms. The van der Waals surface area contributed by atoms with Gasteiger partial charge >= 0.3 is 0 Å². The van der Waals surface area contributed by atoms with E-state index < -0.39 is 0 Å². The van der Waals surface area contributed by atoms with E-state index in [1.165, 1.54) is 0 Å². The van der Waals surface area contributed by atoms with Crippen LogP contribution in [-0.2, 0) is 6.42 Å². The van der Waals surface area contributed by atoms with Gasteiger partial charge in [-0.2, -0.15) is 0 Å². The number of nitrogen functional groups attached to an aromatic ring is 1. The van der Waals surface area contributed by atoms with E-state index in [1.54, 1.807) is 0 Å². The Balaban J connectivity index is 2.05. The Morgan fingerprint density at radius 2 is 2.00 bits per heavy atom. The van der Waals surface area contributed by atoms with Crippen molar-refractivity contribution in [2.24, 2.45) is 0 Å². The van der Waals surface area contributed by atoms with E-state index in [0.717, 1.165) is 51.0 Å². The first-order chi connectivity index (χ1) is 10.1. The lowest BCUT2D eigenvalue weighted by Crippen LogP contribution is -2.36. The van der Waals surface area contributed by atoms with Crippen molar-refractivity contribution < 1.29 is 4.79 Å². The number of hydrogen-bond donors (Lipinski definition) is 1. The molecule has 0 bridgehead atoms. The summed E-state index contributed by atoms with van der Waals surface area (Å²) in [7, 11) is 0. The third-order valence-electron chi connectivity index (χ3n) is 3.95. The fourth-order valence-corrected chi connectivity index (χ4v) is 3.41. The van der Waals surface area contributed by atoms with Crippen molar-refractivity contribution in [3.63, 3.8) is 0 Å². The van der Waals surface area contributed by atoms with Crippen molar-refractivity contribution in [2.45, 2.75) is 19.8 Å². The second-order valence-electron chi connectivity index (χ2n) is 5.34. The molecule has 0 atom stereocenters. The quantitative estimate of drug-likeness (QED) is 0.593. The predicted octanol–water partition coefficient (Wildman–Crippen LogP) is 3.77. The number of halogens is 1. The minimum absolute atomic E-state index is 0.0645. The van der Waals surface area contributed by atoms with Gasteiger partial charge in [0.1, 0.15) is 0 Å². The molecule has 2 aromatic rings. The van der Waals surface area contributed by atoms with E-state index in [9.17, 15) is 4.79 Å². The van der Waals surface area contributed by atoms with Gasteiger partial charge in [-0.1, -0.05) is 18.2 Å². The Bertz CT molecular complexity index is 712. The molecule has 4 heteroatoms. The number of carbonyl (C=O) groups is 1. The van der Waals surface area contributed by atoms with Crippen molar-refractivity contribution >= 4 is 39.9 Å². The maximum Gasteiger partial charge on any atom is 0.259 e. The summed E-state index contributed by atoms with van der Waals surface area (Å²) in [4.78, 5) is 14.8.